The van der Waals surface area contributed by atoms with Crippen molar-refractivity contribution in [3.8, 4) is 0 Å². The van der Waals surface area contributed by atoms with Crippen LogP contribution in [0.25, 0.3) is 10.8 Å². The van der Waals surface area contributed by atoms with E-state index in [1.165, 1.54) is 0 Å². The molecule has 1 heterocycles. The molecule has 94 valence electrons. The maximum atomic E-state index is 6.13. The summed E-state index contributed by atoms with van der Waals surface area (Å²) in [7, 11) is 0. The molecule has 0 bridgehead atoms. The fourth-order valence-electron chi connectivity index (χ4n) is 1.98. The van der Waals surface area contributed by atoms with Crippen molar-refractivity contribution >= 4 is 28.2 Å². The van der Waals surface area contributed by atoms with E-state index in [0.717, 1.165) is 27.2 Å². The Labute approximate surface area is 116 Å². The second-order valence-corrected chi connectivity index (χ2v) is 4.63. The minimum absolute atomic E-state index is 0.627. The standard InChI is InChI=1S/C15H12ClN3/c16-14-8-4-2-6-12(14)9-17-15-13-7-3-1-5-11(13)10-18-19-15/h1-8,10H,9H2,(H,17,19). The highest BCUT2D eigenvalue weighted by Crippen LogP contribution is 2.21. The number of anilines is 1. The lowest BCUT2D eigenvalue weighted by atomic mass is 10.2. The minimum Gasteiger partial charge on any atom is -0.364 e. The van der Waals surface area contributed by atoms with Gasteiger partial charge >= 0.3 is 0 Å². The molecular weight excluding hydrogens is 258 g/mol. The van der Waals surface area contributed by atoms with E-state index in [-0.39, 0.29) is 0 Å². The Kier molecular flexibility index (Phi) is 3.29. The van der Waals surface area contributed by atoms with Gasteiger partial charge < -0.3 is 5.32 Å². The van der Waals surface area contributed by atoms with Crippen molar-refractivity contribution in [2.75, 3.05) is 5.32 Å². The Hall–Kier alpha value is -2.13. The van der Waals surface area contributed by atoms with Gasteiger partial charge in [-0.2, -0.15) is 5.10 Å². The van der Waals surface area contributed by atoms with Gasteiger partial charge in [0.1, 0.15) is 0 Å². The molecule has 0 aliphatic carbocycles. The first-order valence-electron chi connectivity index (χ1n) is 6.02. The van der Waals surface area contributed by atoms with Gasteiger partial charge in [-0.1, -0.05) is 54.1 Å². The Morgan fingerprint density at radius 1 is 1.00 bits per heavy atom. The fourth-order valence-corrected chi connectivity index (χ4v) is 2.18. The highest BCUT2D eigenvalue weighted by atomic mass is 35.5. The molecular formula is C15H12ClN3. The first kappa shape index (κ1) is 11.9. The van der Waals surface area contributed by atoms with Crippen molar-refractivity contribution in [3.63, 3.8) is 0 Å². The number of benzene rings is 2. The monoisotopic (exact) mass is 269 g/mol. The number of aromatic nitrogens is 2. The normalized spacial score (nSPS) is 10.6. The van der Waals surface area contributed by atoms with Crippen LogP contribution in [-0.2, 0) is 6.54 Å². The van der Waals surface area contributed by atoms with E-state index in [4.69, 9.17) is 11.6 Å². The molecule has 0 aliphatic rings. The SMILES string of the molecule is Clc1ccccc1CNc1nncc2ccccc12. The zero-order chi connectivity index (χ0) is 13.1. The molecule has 4 heteroatoms. The van der Waals surface area contributed by atoms with Gasteiger partial charge in [-0.3, -0.25) is 0 Å². The van der Waals surface area contributed by atoms with Crippen LogP contribution in [0.3, 0.4) is 0 Å². The molecule has 0 fully saturated rings. The summed E-state index contributed by atoms with van der Waals surface area (Å²) < 4.78 is 0. The zero-order valence-corrected chi connectivity index (χ0v) is 10.9. The molecule has 0 atom stereocenters. The number of fused-ring (bicyclic) bond motifs is 1. The van der Waals surface area contributed by atoms with Gasteiger partial charge in [-0.25, -0.2) is 0 Å². The third-order valence-electron chi connectivity index (χ3n) is 2.97. The summed E-state index contributed by atoms with van der Waals surface area (Å²) in [6, 6.07) is 15.8. The molecule has 1 N–H and O–H groups in total. The van der Waals surface area contributed by atoms with E-state index in [2.05, 4.69) is 15.5 Å². The highest BCUT2D eigenvalue weighted by molar-refractivity contribution is 6.31. The number of hydrogen-bond acceptors (Lipinski definition) is 3. The van der Waals surface area contributed by atoms with E-state index in [1.54, 1.807) is 6.20 Å². The highest BCUT2D eigenvalue weighted by Gasteiger charge is 2.04. The fraction of sp³-hybridized carbons (Fsp3) is 0.0667. The molecule has 3 aromatic rings. The molecule has 19 heavy (non-hydrogen) atoms. The lowest BCUT2D eigenvalue weighted by Crippen LogP contribution is -2.03. The summed E-state index contributed by atoms with van der Waals surface area (Å²) >= 11 is 6.13. The maximum Gasteiger partial charge on any atom is 0.156 e. The zero-order valence-electron chi connectivity index (χ0n) is 10.2. The quantitative estimate of drug-likeness (QED) is 0.784. The number of rotatable bonds is 3. The van der Waals surface area contributed by atoms with Gasteiger partial charge in [0.2, 0.25) is 0 Å². The van der Waals surface area contributed by atoms with Crippen LogP contribution in [0.4, 0.5) is 5.82 Å². The van der Waals surface area contributed by atoms with Crippen molar-refractivity contribution in [2.24, 2.45) is 0 Å². The van der Waals surface area contributed by atoms with Crippen LogP contribution in [-0.4, -0.2) is 10.2 Å². The van der Waals surface area contributed by atoms with Gasteiger partial charge in [0, 0.05) is 22.3 Å². The molecule has 0 spiro atoms. The first-order valence-corrected chi connectivity index (χ1v) is 6.40. The molecule has 0 amide bonds. The third-order valence-corrected chi connectivity index (χ3v) is 3.34. The van der Waals surface area contributed by atoms with Crippen LogP contribution < -0.4 is 5.32 Å². The van der Waals surface area contributed by atoms with E-state index < -0.39 is 0 Å². The third kappa shape index (κ3) is 2.51. The van der Waals surface area contributed by atoms with Crippen molar-refractivity contribution in [3.05, 3.63) is 65.3 Å². The second-order valence-electron chi connectivity index (χ2n) is 4.23. The van der Waals surface area contributed by atoms with Crippen molar-refractivity contribution in [2.45, 2.75) is 6.54 Å². The molecule has 2 aromatic carbocycles. The lowest BCUT2D eigenvalue weighted by Gasteiger charge is -2.08. The van der Waals surface area contributed by atoms with Crippen molar-refractivity contribution < 1.29 is 0 Å². The van der Waals surface area contributed by atoms with Gasteiger partial charge in [-0.15, -0.1) is 5.10 Å². The summed E-state index contributed by atoms with van der Waals surface area (Å²) in [5.74, 6) is 0.776. The molecule has 0 saturated carbocycles. The van der Waals surface area contributed by atoms with Crippen LogP contribution in [0.15, 0.2) is 54.7 Å². The number of hydrogen-bond donors (Lipinski definition) is 1. The van der Waals surface area contributed by atoms with Crippen LogP contribution in [0.1, 0.15) is 5.56 Å². The maximum absolute atomic E-state index is 6.13. The topological polar surface area (TPSA) is 37.8 Å². The molecule has 3 nitrogen and oxygen atoms in total. The van der Waals surface area contributed by atoms with Crippen LogP contribution in [0.2, 0.25) is 5.02 Å². The van der Waals surface area contributed by atoms with Gasteiger partial charge in [0.25, 0.3) is 0 Å². The summed E-state index contributed by atoms with van der Waals surface area (Å²) in [5, 5.41) is 14.3. The molecule has 0 radical (unpaired) electrons. The number of nitrogens with zero attached hydrogens (tertiary/aromatic N) is 2. The summed E-state index contributed by atoms with van der Waals surface area (Å²) in [4.78, 5) is 0. The van der Waals surface area contributed by atoms with E-state index in [1.807, 2.05) is 48.5 Å². The molecule has 0 aliphatic heterocycles. The predicted molar refractivity (Wildman–Crippen MR) is 78.3 cm³/mol. The summed E-state index contributed by atoms with van der Waals surface area (Å²) in [5.41, 5.74) is 1.04. The predicted octanol–water partition coefficient (Wildman–Crippen LogP) is 3.90. The number of nitrogens with one attached hydrogen (secondary N) is 1. The minimum atomic E-state index is 0.627. The largest absolute Gasteiger partial charge is 0.364 e. The molecule has 0 unspecified atom stereocenters. The van der Waals surface area contributed by atoms with Gasteiger partial charge in [0.05, 0.1) is 6.20 Å². The van der Waals surface area contributed by atoms with Crippen LogP contribution >= 0.6 is 11.6 Å². The van der Waals surface area contributed by atoms with E-state index in [0.29, 0.717) is 6.54 Å². The van der Waals surface area contributed by atoms with Crippen LogP contribution in [0.5, 0.6) is 0 Å². The molecule has 0 saturated heterocycles. The summed E-state index contributed by atoms with van der Waals surface area (Å²) in [6.45, 7) is 0.627. The van der Waals surface area contributed by atoms with Gasteiger partial charge in [-0.05, 0) is 11.6 Å². The molecule has 3 rings (SSSR count). The van der Waals surface area contributed by atoms with Crippen molar-refractivity contribution in [1.29, 1.82) is 0 Å². The number of halogens is 1. The first-order chi connectivity index (χ1) is 9.34. The molecule has 1 aromatic heterocycles. The lowest BCUT2D eigenvalue weighted by molar-refractivity contribution is 1.02. The Morgan fingerprint density at radius 2 is 1.79 bits per heavy atom. The Morgan fingerprint density at radius 3 is 2.68 bits per heavy atom. The summed E-state index contributed by atoms with van der Waals surface area (Å²) in [6.07, 6.45) is 1.76. The second kappa shape index (κ2) is 5.24. The average molecular weight is 270 g/mol. The Bertz CT molecular complexity index is 707. The Balaban J connectivity index is 1.88. The smallest absolute Gasteiger partial charge is 0.156 e. The van der Waals surface area contributed by atoms with Crippen molar-refractivity contribution in [1.82, 2.24) is 10.2 Å². The van der Waals surface area contributed by atoms with E-state index >= 15 is 0 Å². The van der Waals surface area contributed by atoms with Gasteiger partial charge in [0.15, 0.2) is 5.82 Å². The van der Waals surface area contributed by atoms with Crippen LogP contribution in [0, 0.1) is 0 Å². The van der Waals surface area contributed by atoms with E-state index in [9.17, 15) is 0 Å². The average Bonchev–Trinajstić information content (AvgIpc) is 2.46.